The van der Waals surface area contributed by atoms with Crippen LogP contribution >= 0.6 is 0 Å². The Bertz CT molecular complexity index is 667. The second-order valence-corrected chi connectivity index (χ2v) is 5.75. The summed E-state index contributed by atoms with van der Waals surface area (Å²) in [5.41, 5.74) is 14.1. The Labute approximate surface area is 131 Å². The van der Waals surface area contributed by atoms with Gasteiger partial charge in [0.05, 0.1) is 12.8 Å². The van der Waals surface area contributed by atoms with Gasteiger partial charge in [-0.25, -0.2) is 4.98 Å². The van der Waals surface area contributed by atoms with Crippen molar-refractivity contribution >= 4 is 17.8 Å². The average molecular weight is 298 g/mol. The number of nitrogens with two attached hydrogens (primary N) is 2. The Morgan fingerprint density at radius 1 is 1.09 bits per heavy atom. The third-order valence-corrected chi connectivity index (χ3v) is 3.68. The molecule has 2 rings (SSSR count). The molecule has 4 N–H and O–H groups in total. The quantitative estimate of drug-likeness (QED) is 0.906. The number of nitrogen functional groups attached to an aromatic ring is 2. The van der Waals surface area contributed by atoms with Crippen molar-refractivity contribution in [3.8, 4) is 5.75 Å². The predicted molar refractivity (Wildman–Crippen MR) is 90.6 cm³/mol. The number of anilines is 2. The molecule has 1 heterocycles. The number of hydrogen-bond acceptors (Lipinski definition) is 5. The first kappa shape index (κ1) is 15.8. The minimum Gasteiger partial charge on any atom is -0.497 e. The van der Waals surface area contributed by atoms with E-state index in [-0.39, 0.29) is 11.4 Å². The van der Waals surface area contributed by atoms with Gasteiger partial charge in [-0.3, -0.25) is 0 Å². The van der Waals surface area contributed by atoms with Crippen molar-refractivity contribution in [2.45, 2.75) is 26.2 Å². The summed E-state index contributed by atoms with van der Waals surface area (Å²) >= 11 is 0. The van der Waals surface area contributed by atoms with E-state index in [1.165, 1.54) is 5.56 Å². The maximum Gasteiger partial charge on any atom is 0.222 e. The smallest absolute Gasteiger partial charge is 0.222 e. The summed E-state index contributed by atoms with van der Waals surface area (Å²) in [5.74, 6) is 1.43. The lowest BCUT2D eigenvalue weighted by atomic mass is 9.84. The van der Waals surface area contributed by atoms with Crippen molar-refractivity contribution < 1.29 is 4.74 Å². The Hall–Kier alpha value is -2.56. The summed E-state index contributed by atoms with van der Waals surface area (Å²) < 4.78 is 5.19. The van der Waals surface area contributed by atoms with E-state index in [4.69, 9.17) is 16.2 Å². The second kappa shape index (κ2) is 6.05. The molecule has 0 saturated heterocycles. The fraction of sp³-hybridized carbons (Fsp3) is 0.294. The van der Waals surface area contributed by atoms with Crippen LogP contribution in [-0.2, 0) is 5.41 Å². The van der Waals surface area contributed by atoms with Crippen LogP contribution in [0.3, 0.4) is 0 Å². The molecular weight excluding hydrogens is 276 g/mol. The number of nitrogens with zero attached hydrogens (tertiary/aromatic N) is 2. The lowest BCUT2D eigenvalue weighted by molar-refractivity contribution is 0.414. The first-order chi connectivity index (χ1) is 10.3. The Morgan fingerprint density at radius 2 is 1.73 bits per heavy atom. The van der Waals surface area contributed by atoms with Crippen LogP contribution in [0.25, 0.3) is 6.08 Å². The SMILES string of the molecule is COc1ccc(C(C)(C)C=Cc2c(C)nc(N)nc2N)cc1. The van der Waals surface area contributed by atoms with Gasteiger partial charge in [-0.1, -0.05) is 38.1 Å². The zero-order chi connectivity index (χ0) is 16.3. The topological polar surface area (TPSA) is 87.0 Å². The highest BCUT2D eigenvalue weighted by atomic mass is 16.5. The molecule has 0 unspecified atom stereocenters. The summed E-state index contributed by atoms with van der Waals surface area (Å²) in [4.78, 5) is 8.16. The van der Waals surface area contributed by atoms with Crippen LogP contribution in [0.4, 0.5) is 11.8 Å². The van der Waals surface area contributed by atoms with Crippen LogP contribution in [0, 0.1) is 6.92 Å². The average Bonchev–Trinajstić information content (AvgIpc) is 2.46. The summed E-state index contributed by atoms with van der Waals surface area (Å²) in [6, 6.07) is 8.02. The van der Waals surface area contributed by atoms with E-state index in [2.05, 4.69) is 42.0 Å². The number of allylic oxidation sites excluding steroid dienone is 1. The van der Waals surface area contributed by atoms with E-state index in [9.17, 15) is 0 Å². The highest BCUT2D eigenvalue weighted by Gasteiger charge is 2.17. The lowest BCUT2D eigenvalue weighted by Crippen LogP contribution is -2.13. The molecular formula is C17H22N4O. The Kier molecular flexibility index (Phi) is 4.35. The van der Waals surface area contributed by atoms with E-state index in [1.807, 2.05) is 25.1 Å². The number of ether oxygens (including phenoxy) is 1. The van der Waals surface area contributed by atoms with Gasteiger partial charge in [0.25, 0.3) is 0 Å². The van der Waals surface area contributed by atoms with E-state index >= 15 is 0 Å². The normalized spacial score (nSPS) is 11.8. The van der Waals surface area contributed by atoms with Gasteiger partial charge >= 0.3 is 0 Å². The summed E-state index contributed by atoms with van der Waals surface area (Å²) in [6.45, 7) is 6.14. The monoisotopic (exact) mass is 298 g/mol. The van der Waals surface area contributed by atoms with Crippen LogP contribution in [0.2, 0.25) is 0 Å². The third kappa shape index (κ3) is 3.36. The minimum atomic E-state index is -0.160. The van der Waals surface area contributed by atoms with Crippen molar-refractivity contribution in [3.05, 3.63) is 47.2 Å². The van der Waals surface area contributed by atoms with Gasteiger partial charge in [0.2, 0.25) is 5.95 Å². The predicted octanol–water partition coefficient (Wildman–Crippen LogP) is 2.95. The fourth-order valence-electron chi connectivity index (χ4n) is 2.24. The van der Waals surface area contributed by atoms with Gasteiger partial charge in [-0.15, -0.1) is 0 Å². The summed E-state index contributed by atoms with van der Waals surface area (Å²) in [7, 11) is 1.66. The Balaban J connectivity index is 2.31. The molecule has 2 aromatic rings. The molecule has 0 spiro atoms. The van der Waals surface area contributed by atoms with Crippen molar-refractivity contribution in [1.82, 2.24) is 9.97 Å². The molecule has 0 atom stereocenters. The van der Waals surface area contributed by atoms with Crippen LogP contribution in [0.5, 0.6) is 5.75 Å². The molecule has 0 aliphatic heterocycles. The molecule has 0 fully saturated rings. The van der Waals surface area contributed by atoms with Crippen molar-refractivity contribution in [3.63, 3.8) is 0 Å². The zero-order valence-corrected chi connectivity index (χ0v) is 13.4. The fourth-order valence-corrected chi connectivity index (χ4v) is 2.24. The third-order valence-electron chi connectivity index (χ3n) is 3.68. The largest absolute Gasteiger partial charge is 0.497 e. The number of methoxy groups -OCH3 is 1. The highest BCUT2D eigenvalue weighted by molar-refractivity contribution is 5.65. The molecule has 1 aromatic heterocycles. The van der Waals surface area contributed by atoms with Gasteiger partial charge in [-0.05, 0) is 24.6 Å². The maximum atomic E-state index is 5.93. The number of rotatable bonds is 4. The summed E-state index contributed by atoms with van der Waals surface area (Å²) in [6.07, 6.45) is 4.04. The van der Waals surface area contributed by atoms with E-state index in [1.54, 1.807) is 7.11 Å². The van der Waals surface area contributed by atoms with Crippen molar-refractivity contribution in [2.75, 3.05) is 18.6 Å². The van der Waals surface area contributed by atoms with Crippen LogP contribution in [0.15, 0.2) is 30.3 Å². The molecule has 0 saturated carbocycles. The molecule has 5 nitrogen and oxygen atoms in total. The van der Waals surface area contributed by atoms with Gasteiger partial charge in [0, 0.05) is 11.0 Å². The number of hydrogen-bond donors (Lipinski definition) is 2. The molecule has 0 aliphatic rings. The van der Waals surface area contributed by atoms with Crippen molar-refractivity contribution in [1.29, 1.82) is 0 Å². The summed E-state index contributed by atoms with van der Waals surface area (Å²) in [5, 5.41) is 0. The first-order valence-corrected chi connectivity index (χ1v) is 7.07. The number of aryl methyl sites for hydroxylation is 1. The highest BCUT2D eigenvalue weighted by Crippen LogP contribution is 2.28. The van der Waals surface area contributed by atoms with Crippen molar-refractivity contribution in [2.24, 2.45) is 0 Å². The standard InChI is InChI=1S/C17H22N4O/c1-11-14(15(18)21-16(19)20-11)9-10-17(2,3)12-5-7-13(22-4)8-6-12/h5-10H,1-4H3,(H4,18,19,20,21). The zero-order valence-electron chi connectivity index (χ0n) is 13.4. The first-order valence-electron chi connectivity index (χ1n) is 7.07. The molecule has 0 bridgehead atoms. The van der Waals surface area contributed by atoms with E-state index in [0.717, 1.165) is 17.0 Å². The van der Waals surface area contributed by atoms with Gasteiger partial charge in [-0.2, -0.15) is 4.98 Å². The molecule has 0 aliphatic carbocycles. The Morgan fingerprint density at radius 3 is 2.27 bits per heavy atom. The van der Waals surface area contributed by atoms with Crippen LogP contribution in [-0.4, -0.2) is 17.1 Å². The molecule has 22 heavy (non-hydrogen) atoms. The van der Waals surface area contributed by atoms with Crippen LogP contribution in [0.1, 0.15) is 30.7 Å². The van der Waals surface area contributed by atoms with Gasteiger partial charge < -0.3 is 16.2 Å². The minimum absolute atomic E-state index is 0.160. The molecule has 0 amide bonds. The van der Waals surface area contributed by atoms with E-state index in [0.29, 0.717) is 5.82 Å². The van der Waals surface area contributed by atoms with Gasteiger partial charge in [0.1, 0.15) is 11.6 Å². The van der Waals surface area contributed by atoms with E-state index < -0.39 is 0 Å². The number of aromatic nitrogens is 2. The number of benzene rings is 1. The molecule has 116 valence electrons. The second-order valence-electron chi connectivity index (χ2n) is 5.75. The lowest BCUT2D eigenvalue weighted by Gasteiger charge is -2.21. The maximum absolute atomic E-state index is 5.93. The molecule has 0 radical (unpaired) electrons. The van der Waals surface area contributed by atoms with Gasteiger partial charge in [0.15, 0.2) is 0 Å². The molecule has 5 heteroatoms. The molecule has 1 aromatic carbocycles. The van der Waals surface area contributed by atoms with Crippen LogP contribution < -0.4 is 16.2 Å².